The Hall–Kier alpha value is -1.91. The SMILES string of the molecule is NC(Cc1ccccc1)C(O)c1cc(O)cc(F)c1. The van der Waals surface area contributed by atoms with Gasteiger partial charge in [-0.1, -0.05) is 30.3 Å². The molecule has 0 amide bonds. The number of nitrogens with two attached hydrogens (primary N) is 1. The Labute approximate surface area is 111 Å². The van der Waals surface area contributed by atoms with E-state index in [0.29, 0.717) is 6.42 Å². The normalized spacial score (nSPS) is 14.1. The van der Waals surface area contributed by atoms with Gasteiger partial charge in [0.15, 0.2) is 0 Å². The molecule has 0 aliphatic carbocycles. The molecule has 0 aliphatic heterocycles. The van der Waals surface area contributed by atoms with Crippen LogP contribution in [0.4, 0.5) is 4.39 Å². The molecule has 0 aliphatic rings. The molecule has 0 heterocycles. The second-order valence-electron chi connectivity index (χ2n) is 4.54. The van der Waals surface area contributed by atoms with Crippen LogP contribution in [0.15, 0.2) is 48.5 Å². The molecule has 2 atom stereocenters. The largest absolute Gasteiger partial charge is 0.508 e. The first kappa shape index (κ1) is 13.5. The molecule has 0 radical (unpaired) electrons. The Morgan fingerprint density at radius 2 is 1.79 bits per heavy atom. The minimum absolute atomic E-state index is 0.221. The summed E-state index contributed by atoms with van der Waals surface area (Å²) in [7, 11) is 0. The highest BCUT2D eigenvalue weighted by Gasteiger charge is 2.18. The zero-order chi connectivity index (χ0) is 13.8. The molecular weight excluding hydrogens is 245 g/mol. The Kier molecular flexibility index (Phi) is 4.14. The van der Waals surface area contributed by atoms with Gasteiger partial charge in [0.2, 0.25) is 0 Å². The molecule has 3 nitrogen and oxygen atoms in total. The van der Waals surface area contributed by atoms with Crippen molar-refractivity contribution < 1.29 is 14.6 Å². The fraction of sp³-hybridized carbons (Fsp3) is 0.200. The van der Waals surface area contributed by atoms with Gasteiger partial charge in [-0.25, -0.2) is 4.39 Å². The lowest BCUT2D eigenvalue weighted by atomic mass is 9.97. The number of benzene rings is 2. The number of rotatable bonds is 4. The van der Waals surface area contributed by atoms with Crippen molar-refractivity contribution in [2.24, 2.45) is 5.73 Å². The van der Waals surface area contributed by atoms with Gasteiger partial charge in [-0.3, -0.25) is 0 Å². The lowest BCUT2D eigenvalue weighted by molar-refractivity contribution is 0.145. The van der Waals surface area contributed by atoms with Gasteiger partial charge < -0.3 is 15.9 Å². The maximum Gasteiger partial charge on any atom is 0.127 e. The van der Waals surface area contributed by atoms with Crippen molar-refractivity contribution in [3.8, 4) is 5.75 Å². The molecule has 0 spiro atoms. The number of phenolic OH excluding ortho intramolecular Hbond substituents is 1. The fourth-order valence-corrected chi connectivity index (χ4v) is 2.01. The molecule has 0 fully saturated rings. The molecule has 0 aromatic heterocycles. The van der Waals surface area contributed by atoms with Crippen molar-refractivity contribution in [1.82, 2.24) is 0 Å². The van der Waals surface area contributed by atoms with E-state index in [0.717, 1.165) is 11.6 Å². The van der Waals surface area contributed by atoms with Crippen LogP contribution >= 0.6 is 0 Å². The predicted molar refractivity (Wildman–Crippen MR) is 71.1 cm³/mol. The topological polar surface area (TPSA) is 66.5 Å². The summed E-state index contributed by atoms with van der Waals surface area (Å²) in [6.07, 6.45) is -0.555. The van der Waals surface area contributed by atoms with E-state index >= 15 is 0 Å². The molecule has 2 aromatic rings. The van der Waals surface area contributed by atoms with Gasteiger partial charge >= 0.3 is 0 Å². The van der Waals surface area contributed by atoms with Crippen molar-refractivity contribution in [1.29, 1.82) is 0 Å². The molecule has 0 bridgehead atoms. The second-order valence-corrected chi connectivity index (χ2v) is 4.54. The summed E-state index contributed by atoms with van der Waals surface area (Å²) in [6.45, 7) is 0. The maximum absolute atomic E-state index is 13.2. The summed E-state index contributed by atoms with van der Waals surface area (Å²) in [4.78, 5) is 0. The first-order valence-electron chi connectivity index (χ1n) is 6.03. The van der Waals surface area contributed by atoms with E-state index in [4.69, 9.17) is 5.73 Å². The number of aromatic hydroxyl groups is 1. The quantitative estimate of drug-likeness (QED) is 0.790. The van der Waals surface area contributed by atoms with Gasteiger partial charge in [0, 0.05) is 12.1 Å². The highest BCUT2D eigenvalue weighted by Crippen LogP contribution is 2.23. The number of hydrogen-bond acceptors (Lipinski definition) is 3. The van der Waals surface area contributed by atoms with Gasteiger partial charge in [0.1, 0.15) is 11.6 Å². The summed E-state index contributed by atoms with van der Waals surface area (Å²) in [5.74, 6) is -0.818. The van der Waals surface area contributed by atoms with E-state index in [1.54, 1.807) is 0 Å². The van der Waals surface area contributed by atoms with Crippen LogP contribution in [0.3, 0.4) is 0 Å². The number of aliphatic hydroxyl groups excluding tert-OH is 1. The predicted octanol–water partition coefficient (Wildman–Crippen LogP) is 2.13. The Bertz CT molecular complexity index is 525. The number of hydrogen-bond donors (Lipinski definition) is 3. The van der Waals surface area contributed by atoms with E-state index in [2.05, 4.69) is 0 Å². The lowest BCUT2D eigenvalue weighted by Gasteiger charge is -2.19. The van der Waals surface area contributed by atoms with Gasteiger partial charge in [-0.15, -0.1) is 0 Å². The minimum Gasteiger partial charge on any atom is -0.508 e. The molecule has 2 aromatic carbocycles. The van der Waals surface area contributed by atoms with Gasteiger partial charge in [-0.2, -0.15) is 0 Å². The monoisotopic (exact) mass is 261 g/mol. The number of halogens is 1. The second kappa shape index (κ2) is 5.82. The van der Waals surface area contributed by atoms with Crippen LogP contribution in [-0.2, 0) is 6.42 Å². The third-order valence-corrected chi connectivity index (χ3v) is 2.97. The third-order valence-electron chi connectivity index (χ3n) is 2.97. The van der Waals surface area contributed by atoms with Gasteiger partial charge in [0.05, 0.1) is 6.10 Å². The highest BCUT2D eigenvalue weighted by molar-refractivity contribution is 5.31. The van der Waals surface area contributed by atoms with Gasteiger partial charge in [0.25, 0.3) is 0 Å². The van der Waals surface area contributed by atoms with Crippen LogP contribution in [0.2, 0.25) is 0 Å². The van der Waals surface area contributed by atoms with Crippen molar-refractivity contribution in [3.63, 3.8) is 0 Å². The molecule has 19 heavy (non-hydrogen) atoms. The van der Waals surface area contributed by atoms with Crippen molar-refractivity contribution in [2.45, 2.75) is 18.6 Å². The number of aliphatic hydroxyl groups is 1. The molecule has 4 heteroatoms. The molecule has 0 saturated heterocycles. The Morgan fingerprint density at radius 1 is 1.11 bits per heavy atom. The third kappa shape index (κ3) is 3.53. The first-order chi connectivity index (χ1) is 9.06. The van der Waals surface area contributed by atoms with E-state index in [9.17, 15) is 14.6 Å². The Balaban J connectivity index is 2.12. The van der Waals surface area contributed by atoms with E-state index < -0.39 is 18.0 Å². The van der Waals surface area contributed by atoms with Crippen LogP contribution in [0, 0.1) is 5.82 Å². The average Bonchev–Trinajstić information content (AvgIpc) is 2.37. The minimum atomic E-state index is -1.03. The summed E-state index contributed by atoms with van der Waals surface area (Å²) in [6, 6.07) is 12.4. The number of phenols is 1. The standard InChI is InChI=1S/C15H16FNO2/c16-12-7-11(8-13(18)9-12)15(19)14(17)6-10-4-2-1-3-5-10/h1-5,7-9,14-15,18-19H,6,17H2. The van der Waals surface area contributed by atoms with E-state index in [-0.39, 0.29) is 11.3 Å². The van der Waals surface area contributed by atoms with Crippen LogP contribution in [-0.4, -0.2) is 16.3 Å². The molecule has 2 unspecified atom stereocenters. The van der Waals surface area contributed by atoms with E-state index in [1.807, 2.05) is 30.3 Å². The zero-order valence-corrected chi connectivity index (χ0v) is 10.3. The lowest BCUT2D eigenvalue weighted by Crippen LogP contribution is -2.30. The first-order valence-corrected chi connectivity index (χ1v) is 6.03. The van der Waals surface area contributed by atoms with Crippen LogP contribution in [0.5, 0.6) is 5.75 Å². The summed E-state index contributed by atoms with van der Waals surface area (Å²) < 4.78 is 13.2. The van der Waals surface area contributed by atoms with Crippen molar-refractivity contribution in [3.05, 3.63) is 65.5 Å². The average molecular weight is 261 g/mol. The molecule has 2 rings (SSSR count). The van der Waals surface area contributed by atoms with Crippen LogP contribution in [0.25, 0.3) is 0 Å². The summed E-state index contributed by atoms with van der Waals surface area (Å²) in [5, 5.41) is 19.4. The molecule has 100 valence electrons. The highest BCUT2D eigenvalue weighted by atomic mass is 19.1. The summed E-state index contributed by atoms with van der Waals surface area (Å²) in [5.41, 5.74) is 7.20. The smallest absolute Gasteiger partial charge is 0.127 e. The fourth-order valence-electron chi connectivity index (χ4n) is 2.01. The molecule has 0 saturated carbocycles. The zero-order valence-electron chi connectivity index (χ0n) is 10.3. The molecule has 4 N–H and O–H groups in total. The summed E-state index contributed by atoms with van der Waals surface area (Å²) >= 11 is 0. The van der Waals surface area contributed by atoms with Gasteiger partial charge in [-0.05, 0) is 29.7 Å². The molecular formula is C15H16FNO2. The van der Waals surface area contributed by atoms with E-state index in [1.165, 1.54) is 12.1 Å². The Morgan fingerprint density at radius 3 is 2.42 bits per heavy atom. The van der Waals surface area contributed by atoms with Crippen molar-refractivity contribution in [2.75, 3.05) is 0 Å². The van der Waals surface area contributed by atoms with Crippen molar-refractivity contribution >= 4 is 0 Å². The maximum atomic E-state index is 13.2. The van der Waals surface area contributed by atoms with Crippen LogP contribution in [0.1, 0.15) is 17.2 Å². The van der Waals surface area contributed by atoms with Crippen LogP contribution < -0.4 is 5.73 Å².